The highest BCUT2D eigenvalue weighted by atomic mass is 32.2. The number of aliphatic carboxylic acids is 1. The highest BCUT2D eigenvalue weighted by Gasteiger charge is 2.26. The normalized spacial score (nSPS) is 12.0. The summed E-state index contributed by atoms with van der Waals surface area (Å²) in [6, 6.07) is -0.351. The van der Waals surface area contributed by atoms with Crippen molar-refractivity contribution in [2.45, 2.75) is 26.3 Å². The molecule has 0 spiro atoms. The van der Waals surface area contributed by atoms with Gasteiger partial charge in [0.25, 0.3) is 0 Å². The number of allylic oxidation sites excluding steroid dienone is 1. The second kappa shape index (κ2) is 5.87. The summed E-state index contributed by atoms with van der Waals surface area (Å²) in [5, 5.41) is 8.60. The molecule has 0 saturated heterocycles. The summed E-state index contributed by atoms with van der Waals surface area (Å²) in [6.07, 6.45) is 1.82. The highest BCUT2D eigenvalue weighted by molar-refractivity contribution is 7.89. The third-order valence-electron chi connectivity index (χ3n) is 1.80. The quantitative estimate of drug-likeness (QED) is 0.659. The third-order valence-corrected chi connectivity index (χ3v) is 3.82. The predicted molar refractivity (Wildman–Crippen MR) is 58.1 cm³/mol. The standard InChI is InChI=1S/C9H17NO4S/c1-4-5-6-15(13,14)10(8(2)3)7-9(11)12/h4,8H,1,5-7H2,2-3H3,(H,11,12). The van der Waals surface area contributed by atoms with Crippen molar-refractivity contribution in [3.63, 3.8) is 0 Å². The van der Waals surface area contributed by atoms with Crippen LogP contribution in [0.4, 0.5) is 0 Å². The molecule has 15 heavy (non-hydrogen) atoms. The van der Waals surface area contributed by atoms with Crippen molar-refractivity contribution in [1.82, 2.24) is 4.31 Å². The van der Waals surface area contributed by atoms with Crippen LogP contribution in [-0.2, 0) is 14.8 Å². The number of hydrogen-bond donors (Lipinski definition) is 1. The van der Waals surface area contributed by atoms with E-state index in [0.717, 1.165) is 4.31 Å². The second-order valence-corrected chi connectivity index (χ2v) is 5.47. The van der Waals surface area contributed by atoms with Crippen molar-refractivity contribution in [3.05, 3.63) is 12.7 Å². The van der Waals surface area contributed by atoms with E-state index in [1.54, 1.807) is 13.8 Å². The summed E-state index contributed by atoms with van der Waals surface area (Å²) in [6.45, 7) is 6.24. The lowest BCUT2D eigenvalue weighted by atomic mass is 10.4. The first-order valence-corrected chi connectivity index (χ1v) is 6.24. The summed E-state index contributed by atoms with van der Waals surface area (Å²) >= 11 is 0. The van der Waals surface area contributed by atoms with E-state index < -0.39 is 22.5 Å². The summed E-state index contributed by atoms with van der Waals surface area (Å²) in [5.74, 6) is -1.24. The summed E-state index contributed by atoms with van der Waals surface area (Å²) < 4.78 is 24.3. The summed E-state index contributed by atoms with van der Waals surface area (Å²) in [7, 11) is -3.50. The average molecular weight is 235 g/mol. The molecule has 0 atom stereocenters. The zero-order chi connectivity index (χ0) is 12.1. The first-order valence-electron chi connectivity index (χ1n) is 4.63. The minimum Gasteiger partial charge on any atom is -0.480 e. The van der Waals surface area contributed by atoms with Crippen LogP contribution in [0.25, 0.3) is 0 Å². The van der Waals surface area contributed by atoms with Crippen molar-refractivity contribution < 1.29 is 18.3 Å². The van der Waals surface area contributed by atoms with Crippen molar-refractivity contribution in [2.24, 2.45) is 0 Å². The Labute approximate surface area is 90.4 Å². The van der Waals surface area contributed by atoms with Gasteiger partial charge in [0.1, 0.15) is 6.54 Å². The number of carboxylic acid groups (broad SMARTS) is 1. The Hall–Kier alpha value is -0.880. The van der Waals surface area contributed by atoms with Crippen LogP contribution in [0.3, 0.4) is 0 Å². The Morgan fingerprint density at radius 1 is 1.53 bits per heavy atom. The molecule has 0 saturated carbocycles. The molecule has 0 bridgehead atoms. The van der Waals surface area contributed by atoms with Crippen LogP contribution in [0, 0.1) is 0 Å². The van der Waals surface area contributed by atoms with Crippen molar-refractivity contribution in [1.29, 1.82) is 0 Å². The van der Waals surface area contributed by atoms with Crippen molar-refractivity contribution in [2.75, 3.05) is 12.3 Å². The van der Waals surface area contributed by atoms with Gasteiger partial charge >= 0.3 is 5.97 Å². The molecule has 0 aliphatic carbocycles. The maximum absolute atomic E-state index is 11.7. The topological polar surface area (TPSA) is 74.7 Å². The van der Waals surface area contributed by atoms with E-state index in [1.807, 2.05) is 0 Å². The number of rotatable bonds is 7. The van der Waals surface area contributed by atoms with E-state index in [-0.39, 0.29) is 11.8 Å². The van der Waals surface area contributed by atoms with Crippen LogP contribution >= 0.6 is 0 Å². The third kappa shape index (κ3) is 4.94. The van der Waals surface area contributed by atoms with Crippen LogP contribution in [0.2, 0.25) is 0 Å². The molecule has 0 aromatic rings. The fraction of sp³-hybridized carbons (Fsp3) is 0.667. The van der Waals surface area contributed by atoms with Gasteiger partial charge in [0.2, 0.25) is 10.0 Å². The van der Waals surface area contributed by atoms with Gasteiger partial charge in [0.15, 0.2) is 0 Å². The van der Waals surface area contributed by atoms with Crippen LogP contribution in [-0.4, -0.2) is 42.1 Å². The Kier molecular flexibility index (Phi) is 5.53. The van der Waals surface area contributed by atoms with Gasteiger partial charge in [0, 0.05) is 6.04 Å². The molecule has 0 aliphatic heterocycles. The number of carboxylic acids is 1. The van der Waals surface area contributed by atoms with E-state index in [1.165, 1.54) is 6.08 Å². The van der Waals surface area contributed by atoms with Gasteiger partial charge in [0.05, 0.1) is 5.75 Å². The molecular formula is C9H17NO4S. The minimum atomic E-state index is -3.50. The molecule has 0 aromatic heterocycles. The highest BCUT2D eigenvalue weighted by Crippen LogP contribution is 2.08. The van der Waals surface area contributed by atoms with Crippen LogP contribution in [0.5, 0.6) is 0 Å². The second-order valence-electron chi connectivity index (χ2n) is 3.43. The average Bonchev–Trinajstić information content (AvgIpc) is 2.10. The molecule has 6 heteroatoms. The van der Waals surface area contributed by atoms with E-state index in [2.05, 4.69) is 6.58 Å². The van der Waals surface area contributed by atoms with Crippen LogP contribution in [0.15, 0.2) is 12.7 Å². The van der Waals surface area contributed by atoms with Gasteiger partial charge in [-0.2, -0.15) is 4.31 Å². The number of hydrogen-bond acceptors (Lipinski definition) is 3. The summed E-state index contributed by atoms with van der Waals surface area (Å²) in [5.41, 5.74) is 0. The zero-order valence-electron chi connectivity index (χ0n) is 9.01. The van der Waals surface area contributed by atoms with E-state index >= 15 is 0 Å². The summed E-state index contributed by atoms with van der Waals surface area (Å²) in [4.78, 5) is 10.5. The first kappa shape index (κ1) is 14.1. The maximum Gasteiger partial charge on any atom is 0.318 e. The molecule has 0 aromatic carbocycles. The Morgan fingerprint density at radius 2 is 2.07 bits per heavy atom. The smallest absolute Gasteiger partial charge is 0.318 e. The van der Waals surface area contributed by atoms with Gasteiger partial charge in [-0.3, -0.25) is 4.79 Å². The van der Waals surface area contributed by atoms with E-state index in [9.17, 15) is 13.2 Å². The molecular weight excluding hydrogens is 218 g/mol. The molecule has 88 valence electrons. The lowest BCUT2D eigenvalue weighted by molar-refractivity contribution is -0.137. The van der Waals surface area contributed by atoms with Crippen LogP contribution in [0.1, 0.15) is 20.3 Å². The molecule has 0 fully saturated rings. The Morgan fingerprint density at radius 3 is 2.40 bits per heavy atom. The fourth-order valence-corrected chi connectivity index (χ4v) is 2.73. The largest absolute Gasteiger partial charge is 0.480 e. The van der Waals surface area contributed by atoms with Crippen LogP contribution < -0.4 is 0 Å². The van der Waals surface area contributed by atoms with E-state index in [4.69, 9.17) is 5.11 Å². The van der Waals surface area contributed by atoms with Gasteiger partial charge in [-0.15, -0.1) is 6.58 Å². The molecule has 1 N–H and O–H groups in total. The molecule has 0 aliphatic rings. The monoisotopic (exact) mass is 235 g/mol. The zero-order valence-corrected chi connectivity index (χ0v) is 9.83. The van der Waals surface area contributed by atoms with Gasteiger partial charge in [-0.1, -0.05) is 6.08 Å². The van der Waals surface area contributed by atoms with Crippen molar-refractivity contribution in [3.8, 4) is 0 Å². The lowest BCUT2D eigenvalue weighted by Crippen LogP contribution is -2.41. The number of nitrogens with zero attached hydrogens (tertiary/aromatic N) is 1. The lowest BCUT2D eigenvalue weighted by Gasteiger charge is -2.23. The predicted octanol–water partition coefficient (Wildman–Crippen LogP) is 0.687. The fourth-order valence-electron chi connectivity index (χ4n) is 1.08. The van der Waals surface area contributed by atoms with Crippen molar-refractivity contribution >= 4 is 16.0 Å². The molecule has 0 rings (SSSR count). The molecule has 0 amide bonds. The molecule has 0 unspecified atom stereocenters. The number of sulfonamides is 1. The molecule has 5 nitrogen and oxygen atoms in total. The molecule has 0 radical (unpaired) electrons. The number of carbonyl (C=O) groups is 1. The SMILES string of the molecule is C=CCCS(=O)(=O)N(CC(=O)O)C(C)C. The minimum absolute atomic E-state index is 0.0953. The van der Waals surface area contributed by atoms with Gasteiger partial charge < -0.3 is 5.11 Å². The van der Waals surface area contributed by atoms with Gasteiger partial charge in [-0.05, 0) is 20.3 Å². The molecule has 0 heterocycles. The first-order chi connectivity index (χ1) is 6.81. The Balaban J connectivity index is 4.74. The Bertz CT molecular complexity index is 321. The van der Waals surface area contributed by atoms with Gasteiger partial charge in [-0.25, -0.2) is 8.42 Å². The maximum atomic E-state index is 11.7. The van der Waals surface area contributed by atoms with E-state index in [0.29, 0.717) is 6.42 Å².